The second-order valence-corrected chi connectivity index (χ2v) is 10.5. The number of fused-ring (bicyclic) bond motifs is 1. The van der Waals surface area contributed by atoms with Gasteiger partial charge in [0.1, 0.15) is 11.6 Å². The van der Waals surface area contributed by atoms with Gasteiger partial charge in [0, 0.05) is 11.4 Å². The van der Waals surface area contributed by atoms with Gasteiger partial charge >= 0.3 is 5.97 Å². The van der Waals surface area contributed by atoms with Crippen molar-refractivity contribution >= 4 is 33.7 Å². The van der Waals surface area contributed by atoms with Gasteiger partial charge in [-0.05, 0) is 31.7 Å². The number of carbonyl (C=O) groups excluding carboxylic acids is 3. The molecule has 4 rings (SSSR count). The van der Waals surface area contributed by atoms with Gasteiger partial charge in [0.2, 0.25) is 11.8 Å². The molecule has 0 radical (unpaired) electrons. The van der Waals surface area contributed by atoms with E-state index in [1.807, 2.05) is 37.3 Å². The maximum absolute atomic E-state index is 14.0. The number of aliphatic hydroxyl groups is 1. The molecule has 7 atom stereocenters. The van der Waals surface area contributed by atoms with Crippen LogP contribution >= 0.6 is 15.9 Å². The van der Waals surface area contributed by atoms with E-state index < -0.39 is 41.6 Å². The van der Waals surface area contributed by atoms with Crippen molar-refractivity contribution in [3.63, 3.8) is 0 Å². The molecule has 2 bridgehead atoms. The van der Waals surface area contributed by atoms with Crippen molar-refractivity contribution in [1.82, 2.24) is 10.2 Å². The number of nitrogens with one attached hydrogen (secondary N) is 1. The number of likely N-dealkylation sites (tertiary alicyclic amines) is 1. The third-order valence-electron chi connectivity index (χ3n) is 7.28. The molecule has 8 nitrogen and oxygen atoms in total. The van der Waals surface area contributed by atoms with Crippen LogP contribution in [0.15, 0.2) is 30.3 Å². The van der Waals surface area contributed by atoms with Gasteiger partial charge in [-0.2, -0.15) is 0 Å². The molecule has 3 aliphatic rings. The summed E-state index contributed by atoms with van der Waals surface area (Å²) < 4.78 is 11.7. The predicted molar refractivity (Wildman–Crippen MR) is 128 cm³/mol. The maximum Gasteiger partial charge on any atom is 0.312 e. The van der Waals surface area contributed by atoms with E-state index in [1.54, 1.807) is 6.92 Å². The number of aliphatic hydroxyl groups excluding tert-OH is 1. The molecule has 3 heterocycles. The molecule has 0 aromatic heterocycles. The lowest BCUT2D eigenvalue weighted by molar-refractivity contribution is -0.155. The Morgan fingerprint density at radius 2 is 2.06 bits per heavy atom. The average Bonchev–Trinajstić information content (AvgIpc) is 3.42. The van der Waals surface area contributed by atoms with Gasteiger partial charge in [0.05, 0.1) is 37.2 Å². The van der Waals surface area contributed by atoms with Crippen molar-refractivity contribution in [2.75, 3.05) is 19.8 Å². The van der Waals surface area contributed by atoms with Crippen molar-refractivity contribution in [1.29, 1.82) is 0 Å². The van der Waals surface area contributed by atoms with E-state index in [4.69, 9.17) is 9.47 Å². The Hall–Kier alpha value is -1.97. The van der Waals surface area contributed by atoms with E-state index in [9.17, 15) is 19.5 Å². The standard InChI is InChI=1S/C25H33BrN2O6/c1-3-5-11-27-22(30)21-25-13-17(26)20(34-25)18(24(32)33-4-2)19(25)23(31)28(21)16(14-29)12-15-9-7-6-8-10-15/h6-10,16-21,29H,3-5,11-14H2,1-2H3,(H,27,30)/t16-,17?,18-,19+,20-,21-,25+/m1/s1. The summed E-state index contributed by atoms with van der Waals surface area (Å²) in [4.78, 5) is 41.8. The summed E-state index contributed by atoms with van der Waals surface area (Å²) in [6.07, 6.45) is 2.00. The number of unbranched alkanes of at least 4 members (excludes halogenated alkanes) is 1. The molecule has 3 saturated heterocycles. The third-order valence-corrected chi connectivity index (χ3v) is 8.13. The Morgan fingerprint density at radius 3 is 2.71 bits per heavy atom. The summed E-state index contributed by atoms with van der Waals surface area (Å²) in [7, 11) is 0. The Labute approximate surface area is 208 Å². The second kappa shape index (κ2) is 10.3. The van der Waals surface area contributed by atoms with Crippen molar-refractivity contribution in [3.8, 4) is 0 Å². The maximum atomic E-state index is 14.0. The molecule has 1 aromatic carbocycles. The lowest BCUT2D eigenvalue weighted by atomic mass is 9.70. The third kappa shape index (κ3) is 4.16. The quantitative estimate of drug-likeness (QED) is 0.268. The average molecular weight is 537 g/mol. The summed E-state index contributed by atoms with van der Waals surface area (Å²) in [5, 5.41) is 13.3. The van der Waals surface area contributed by atoms with Crippen LogP contribution in [0.5, 0.6) is 0 Å². The van der Waals surface area contributed by atoms with E-state index in [0.29, 0.717) is 19.4 Å². The Balaban J connectivity index is 1.73. The SMILES string of the molecule is CCCCNC(=O)[C@H]1N([C@@H](CO)Cc2ccccc2)C(=O)[C@@H]2[C@@H](C(=O)OCC)[C@@H]3O[C@@]21CC3Br. The van der Waals surface area contributed by atoms with Crippen LogP contribution in [0.25, 0.3) is 0 Å². The fraction of sp³-hybridized carbons (Fsp3) is 0.640. The molecule has 1 aromatic rings. The number of halogens is 1. The monoisotopic (exact) mass is 536 g/mol. The van der Waals surface area contributed by atoms with Crippen LogP contribution in [0.3, 0.4) is 0 Å². The number of nitrogens with zero attached hydrogens (tertiary/aromatic N) is 1. The summed E-state index contributed by atoms with van der Waals surface area (Å²) in [6, 6.07) is 7.98. The van der Waals surface area contributed by atoms with E-state index in [-0.39, 0.29) is 29.9 Å². The van der Waals surface area contributed by atoms with Crippen LogP contribution in [-0.2, 0) is 30.3 Å². The van der Waals surface area contributed by atoms with Gasteiger partial charge in [-0.1, -0.05) is 59.6 Å². The highest BCUT2D eigenvalue weighted by Crippen LogP contribution is 2.60. The summed E-state index contributed by atoms with van der Waals surface area (Å²) >= 11 is 3.63. The molecule has 3 fully saturated rings. The number of amides is 2. The summed E-state index contributed by atoms with van der Waals surface area (Å²) in [5.41, 5.74) is -0.201. The molecule has 1 unspecified atom stereocenters. The number of alkyl halides is 1. The first-order chi connectivity index (χ1) is 16.4. The number of carbonyl (C=O) groups is 3. The highest BCUT2D eigenvalue weighted by molar-refractivity contribution is 9.09. The van der Waals surface area contributed by atoms with Crippen LogP contribution < -0.4 is 5.32 Å². The number of benzene rings is 1. The first kappa shape index (κ1) is 25.1. The molecule has 3 aliphatic heterocycles. The topological polar surface area (TPSA) is 105 Å². The zero-order valence-electron chi connectivity index (χ0n) is 19.6. The molecule has 2 N–H and O–H groups in total. The summed E-state index contributed by atoms with van der Waals surface area (Å²) in [5.74, 6) is -2.73. The molecule has 34 heavy (non-hydrogen) atoms. The molecule has 2 amide bonds. The fourth-order valence-electron chi connectivity index (χ4n) is 5.89. The van der Waals surface area contributed by atoms with Gasteiger partial charge in [-0.3, -0.25) is 14.4 Å². The van der Waals surface area contributed by atoms with Crippen molar-refractivity contribution in [3.05, 3.63) is 35.9 Å². The first-order valence-electron chi connectivity index (χ1n) is 12.1. The number of esters is 1. The number of ether oxygens (including phenoxy) is 2. The summed E-state index contributed by atoms with van der Waals surface area (Å²) in [6.45, 7) is 4.13. The van der Waals surface area contributed by atoms with Crippen LogP contribution in [0.4, 0.5) is 0 Å². The van der Waals surface area contributed by atoms with Crippen LogP contribution in [-0.4, -0.2) is 76.2 Å². The molecule has 9 heteroatoms. The van der Waals surface area contributed by atoms with Gasteiger partial charge in [0.25, 0.3) is 0 Å². The predicted octanol–water partition coefficient (Wildman–Crippen LogP) is 1.82. The van der Waals surface area contributed by atoms with Crippen LogP contribution in [0.1, 0.15) is 38.7 Å². The molecule has 186 valence electrons. The van der Waals surface area contributed by atoms with Crippen LogP contribution in [0.2, 0.25) is 0 Å². The van der Waals surface area contributed by atoms with Gasteiger partial charge in [-0.15, -0.1) is 0 Å². The van der Waals surface area contributed by atoms with Crippen LogP contribution in [0, 0.1) is 11.8 Å². The Morgan fingerprint density at radius 1 is 1.32 bits per heavy atom. The molecule has 0 aliphatic carbocycles. The van der Waals surface area contributed by atoms with Gasteiger partial charge < -0.3 is 24.8 Å². The second-order valence-electron chi connectivity index (χ2n) is 9.33. The van der Waals surface area contributed by atoms with E-state index in [1.165, 1.54) is 4.90 Å². The minimum absolute atomic E-state index is 0.182. The van der Waals surface area contributed by atoms with Crippen molar-refractivity contribution in [2.24, 2.45) is 11.8 Å². The molecule has 1 spiro atoms. The van der Waals surface area contributed by atoms with Crippen molar-refractivity contribution < 1.29 is 29.0 Å². The highest BCUT2D eigenvalue weighted by atomic mass is 79.9. The number of hydrogen-bond donors (Lipinski definition) is 2. The normalized spacial score (nSPS) is 32.5. The Kier molecular flexibility index (Phi) is 7.64. The number of hydrogen-bond acceptors (Lipinski definition) is 6. The van der Waals surface area contributed by atoms with Gasteiger partial charge in [-0.25, -0.2) is 0 Å². The fourth-order valence-corrected chi connectivity index (χ4v) is 6.83. The van der Waals surface area contributed by atoms with Gasteiger partial charge in [0.15, 0.2) is 0 Å². The molecular weight excluding hydrogens is 504 g/mol. The number of rotatable bonds is 10. The minimum atomic E-state index is -1.15. The van der Waals surface area contributed by atoms with E-state index in [0.717, 1.165) is 18.4 Å². The minimum Gasteiger partial charge on any atom is -0.466 e. The largest absolute Gasteiger partial charge is 0.466 e. The first-order valence-corrected chi connectivity index (χ1v) is 13.0. The van der Waals surface area contributed by atoms with Crippen molar-refractivity contribution in [2.45, 2.75) is 68.1 Å². The highest BCUT2D eigenvalue weighted by Gasteiger charge is 2.77. The van der Waals surface area contributed by atoms with E-state index >= 15 is 0 Å². The smallest absolute Gasteiger partial charge is 0.312 e. The zero-order valence-corrected chi connectivity index (χ0v) is 21.2. The zero-order chi connectivity index (χ0) is 24.5. The molecular formula is C25H33BrN2O6. The van der Waals surface area contributed by atoms with E-state index in [2.05, 4.69) is 21.2 Å². The lowest BCUT2D eigenvalue weighted by Gasteiger charge is -2.37. The Bertz CT molecular complexity index is 914. The lowest BCUT2D eigenvalue weighted by Crippen LogP contribution is -2.58. The molecule has 0 saturated carbocycles.